The predicted molar refractivity (Wildman–Crippen MR) is 56.6 cm³/mol. The van der Waals surface area contributed by atoms with Gasteiger partial charge in [0.25, 0.3) is 0 Å². The van der Waals surface area contributed by atoms with Gasteiger partial charge in [0.15, 0.2) is 9.76 Å². The molecule has 0 radical (unpaired) electrons. The number of para-hydroxylation sites is 1. The summed E-state index contributed by atoms with van der Waals surface area (Å²) in [5.41, 5.74) is 0. The Morgan fingerprint density at radius 2 is 1.92 bits per heavy atom. The van der Waals surface area contributed by atoms with Crippen LogP contribution in [0.25, 0.3) is 0 Å². The van der Waals surface area contributed by atoms with Crippen LogP contribution < -0.4 is 0 Å². The average molecular weight is 196 g/mol. The third-order valence-corrected chi connectivity index (χ3v) is 3.20. The quantitative estimate of drug-likeness (QED) is 0.640. The molecule has 1 aliphatic rings. The van der Waals surface area contributed by atoms with Crippen molar-refractivity contribution in [2.75, 3.05) is 6.61 Å². The van der Waals surface area contributed by atoms with Gasteiger partial charge in [0, 0.05) is 6.61 Å². The summed E-state index contributed by atoms with van der Waals surface area (Å²) < 4.78 is 5.21. The lowest BCUT2D eigenvalue weighted by Gasteiger charge is -2.07. The minimum atomic E-state index is 0.00849. The van der Waals surface area contributed by atoms with Crippen LogP contribution in [-0.2, 0) is 4.43 Å². The van der Waals surface area contributed by atoms with Gasteiger partial charge in [-0.15, -0.1) is 0 Å². The molecule has 0 atom stereocenters. The zero-order valence-electron chi connectivity index (χ0n) is 7.78. The van der Waals surface area contributed by atoms with Gasteiger partial charge in [0.1, 0.15) is 5.75 Å². The van der Waals surface area contributed by atoms with Crippen LogP contribution in [0.1, 0.15) is 12.8 Å². The molecule has 0 unspecified atom stereocenters. The van der Waals surface area contributed by atoms with Crippen LogP contribution in [0.15, 0.2) is 30.3 Å². The van der Waals surface area contributed by atoms with E-state index >= 15 is 0 Å². The lowest BCUT2D eigenvalue weighted by atomic mass is 10.3. The molecule has 3 heteroatoms. The Morgan fingerprint density at radius 1 is 1.15 bits per heavy atom. The molecular weight excluding hydrogens is 180 g/mol. The monoisotopic (exact) mass is 196 g/mol. The molecule has 0 aromatic heterocycles. The Morgan fingerprint density at radius 3 is 2.15 bits per heavy atom. The number of benzene rings is 1. The molecule has 1 aromatic rings. The Labute approximate surface area is 81.5 Å². The van der Waals surface area contributed by atoms with E-state index in [9.17, 15) is 0 Å². The summed E-state index contributed by atoms with van der Waals surface area (Å²) in [5, 5.41) is 8.63. The molecule has 1 fully saturated rings. The SMILES string of the molecule is C1CC[SiH2]OC1.Oc1ccccc1. The smallest absolute Gasteiger partial charge is 0.161 e. The first-order valence-corrected chi connectivity index (χ1v) is 6.29. The molecule has 13 heavy (non-hydrogen) atoms. The molecule has 0 amide bonds. The van der Waals surface area contributed by atoms with Crippen LogP contribution in [0.3, 0.4) is 0 Å². The molecule has 1 N–H and O–H groups in total. The van der Waals surface area contributed by atoms with Crippen LogP contribution in [-0.4, -0.2) is 21.5 Å². The first-order valence-electron chi connectivity index (χ1n) is 4.71. The van der Waals surface area contributed by atoms with E-state index in [1.54, 1.807) is 24.3 Å². The summed E-state index contributed by atoms with van der Waals surface area (Å²) in [5.74, 6) is 0.322. The summed E-state index contributed by atoms with van der Waals surface area (Å²) in [6.07, 6.45) is 2.75. The van der Waals surface area contributed by atoms with E-state index in [0.29, 0.717) is 5.75 Å². The standard InChI is InChI=1S/C6H6O.C4H10OSi/c7-6-4-2-1-3-5-6;1-2-4-6-5-3-1/h1-5,7H;1-4,6H2. The van der Waals surface area contributed by atoms with E-state index < -0.39 is 0 Å². The highest BCUT2D eigenvalue weighted by atomic mass is 28.2. The van der Waals surface area contributed by atoms with Gasteiger partial charge < -0.3 is 9.53 Å². The van der Waals surface area contributed by atoms with Crippen LogP contribution >= 0.6 is 0 Å². The molecule has 2 rings (SSSR count). The molecular formula is C10H16O2Si. The molecule has 1 heterocycles. The van der Waals surface area contributed by atoms with Crippen LogP contribution in [0.4, 0.5) is 0 Å². The zero-order valence-corrected chi connectivity index (χ0v) is 9.19. The summed E-state index contributed by atoms with van der Waals surface area (Å²) in [7, 11) is 0.00849. The van der Waals surface area contributed by atoms with Gasteiger partial charge in [-0.3, -0.25) is 0 Å². The highest BCUT2D eigenvalue weighted by Crippen LogP contribution is 2.02. The number of phenolic OH excluding ortho intramolecular Hbond substituents is 1. The molecule has 0 spiro atoms. The Hall–Kier alpha value is -0.803. The van der Waals surface area contributed by atoms with Gasteiger partial charge in [-0.05, 0) is 24.6 Å². The highest BCUT2D eigenvalue weighted by molar-refractivity contribution is 6.27. The van der Waals surface area contributed by atoms with E-state index in [4.69, 9.17) is 9.53 Å². The third-order valence-electron chi connectivity index (χ3n) is 1.83. The van der Waals surface area contributed by atoms with Crippen molar-refractivity contribution in [3.05, 3.63) is 30.3 Å². The molecule has 2 nitrogen and oxygen atoms in total. The van der Waals surface area contributed by atoms with Crippen molar-refractivity contribution in [2.24, 2.45) is 0 Å². The van der Waals surface area contributed by atoms with Crippen LogP contribution in [0.5, 0.6) is 5.75 Å². The molecule has 1 aliphatic heterocycles. The maximum atomic E-state index is 8.63. The molecule has 0 aliphatic carbocycles. The second-order valence-electron chi connectivity index (χ2n) is 3.01. The summed E-state index contributed by atoms with van der Waals surface area (Å²) in [6, 6.07) is 10.1. The van der Waals surface area contributed by atoms with E-state index in [1.807, 2.05) is 6.07 Å². The van der Waals surface area contributed by atoms with Crippen molar-refractivity contribution in [1.82, 2.24) is 0 Å². The predicted octanol–water partition coefficient (Wildman–Crippen LogP) is 1.69. The summed E-state index contributed by atoms with van der Waals surface area (Å²) in [4.78, 5) is 0. The van der Waals surface area contributed by atoms with Gasteiger partial charge in [-0.1, -0.05) is 24.6 Å². The summed E-state index contributed by atoms with van der Waals surface area (Å²) >= 11 is 0. The van der Waals surface area contributed by atoms with Crippen LogP contribution in [0, 0.1) is 0 Å². The maximum absolute atomic E-state index is 8.63. The fourth-order valence-corrected chi connectivity index (χ4v) is 2.29. The highest BCUT2D eigenvalue weighted by Gasteiger charge is 1.96. The van der Waals surface area contributed by atoms with Crippen molar-refractivity contribution < 1.29 is 9.53 Å². The Bertz CT molecular complexity index is 198. The average Bonchev–Trinajstić information content (AvgIpc) is 2.22. The molecule has 0 bridgehead atoms. The molecule has 1 saturated heterocycles. The van der Waals surface area contributed by atoms with Crippen molar-refractivity contribution in [3.8, 4) is 5.75 Å². The van der Waals surface area contributed by atoms with E-state index in [0.717, 1.165) is 6.61 Å². The minimum absolute atomic E-state index is 0.00849. The van der Waals surface area contributed by atoms with E-state index in [1.165, 1.54) is 18.9 Å². The fourth-order valence-electron chi connectivity index (χ4n) is 1.12. The number of aromatic hydroxyl groups is 1. The number of hydrogen-bond donors (Lipinski definition) is 1. The lowest BCUT2D eigenvalue weighted by molar-refractivity contribution is 0.304. The normalized spacial score (nSPS) is 17.5. The number of hydrogen-bond acceptors (Lipinski definition) is 2. The van der Waals surface area contributed by atoms with Crippen molar-refractivity contribution in [2.45, 2.75) is 18.9 Å². The summed E-state index contributed by atoms with van der Waals surface area (Å²) in [6.45, 7) is 1.06. The maximum Gasteiger partial charge on any atom is 0.161 e. The minimum Gasteiger partial charge on any atom is -0.508 e. The van der Waals surface area contributed by atoms with Crippen molar-refractivity contribution in [1.29, 1.82) is 0 Å². The number of rotatable bonds is 0. The lowest BCUT2D eigenvalue weighted by Crippen LogP contribution is -2.06. The Balaban J connectivity index is 0.000000132. The number of phenols is 1. The van der Waals surface area contributed by atoms with Gasteiger partial charge in [0.2, 0.25) is 0 Å². The van der Waals surface area contributed by atoms with Gasteiger partial charge in [-0.25, -0.2) is 0 Å². The fraction of sp³-hybridized carbons (Fsp3) is 0.400. The first-order chi connectivity index (χ1) is 6.39. The topological polar surface area (TPSA) is 29.5 Å². The van der Waals surface area contributed by atoms with Gasteiger partial charge >= 0.3 is 0 Å². The molecule has 0 saturated carbocycles. The molecule has 72 valence electrons. The van der Waals surface area contributed by atoms with Crippen molar-refractivity contribution >= 4 is 9.76 Å². The van der Waals surface area contributed by atoms with E-state index in [2.05, 4.69) is 0 Å². The zero-order chi connectivity index (χ0) is 9.36. The van der Waals surface area contributed by atoms with Gasteiger partial charge in [0.05, 0.1) is 0 Å². The van der Waals surface area contributed by atoms with Gasteiger partial charge in [-0.2, -0.15) is 0 Å². The largest absolute Gasteiger partial charge is 0.508 e. The second-order valence-corrected chi connectivity index (χ2v) is 4.53. The Kier molecular flexibility index (Phi) is 5.29. The molecule has 1 aromatic carbocycles. The second kappa shape index (κ2) is 6.68. The van der Waals surface area contributed by atoms with Crippen LogP contribution in [0.2, 0.25) is 6.04 Å². The third kappa shape index (κ3) is 5.44. The van der Waals surface area contributed by atoms with E-state index in [-0.39, 0.29) is 9.76 Å². The van der Waals surface area contributed by atoms with Crippen molar-refractivity contribution in [3.63, 3.8) is 0 Å². The first kappa shape index (κ1) is 10.3.